The van der Waals surface area contributed by atoms with Crippen molar-refractivity contribution < 1.29 is 13.9 Å². The number of hydrogen-bond donors (Lipinski definition) is 1. The molecule has 2 unspecified atom stereocenters. The highest BCUT2D eigenvalue weighted by Gasteiger charge is 2.24. The van der Waals surface area contributed by atoms with Gasteiger partial charge in [0.25, 0.3) is 0 Å². The Morgan fingerprint density at radius 3 is 3.06 bits per heavy atom. The van der Waals surface area contributed by atoms with Crippen LogP contribution in [-0.2, 0) is 11.2 Å². The molecular weight excluding hydrogens is 233 g/mol. The molecule has 18 heavy (non-hydrogen) atoms. The minimum absolute atomic E-state index is 0.0329. The van der Waals surface area contributed by atoms with Crippen LogP contribution in [0.2, 0.25) is 0 Å². The van der Waals surface area contributed by atoms with E-state index in [1.807, 2.05) is 13.8 Å². The molecule has 1 heterocycles. The van der Waals surface area contributed by atoms with Crippen molar-refractivity contribution in [2.24, 2.45) is 5.73 Å². The van der Waals surface area contributed by atoms with Gasteiger partial charge in [0.05, 0.1) is 13.2 Å². The quantitative estimate of drug-likeness (QED) is 0.875. The van der Waals surface area contributed by atoms with Gasteiger partial charge < -0.3 is 15.2 Å². The van der Waals surface area contributed by atoms with Gasteiger partial charge in [-0.25, -0.2) is 4.39 Å². The van der Waals surface area contributed by atoms with Crippen LogP contribution in [-0.4, -0.2) is 24.9 Å². The Morgan fingerprint density at radius 2 is 2.33 bits per heavy atom. The number of ether oxygens (including phenoxy) is 2. The molecule has 0 fully saturated rings. The zero-order valence-corrected chi connectivity index (χ0v) is 10.9. The molecule has 0 aliphatic carbocycles. The van der Waals surface area contributed by atoms with Crippen LogP contribution in [0, 0.1) is 5.82 Å². The Morgan fingerprint density at radius 1 is 1.56 bits per heavy atom. The molecule has 100 valence electrons. The number of nitrogens with two attached hydrogens (primary N) is 1. The van der Waals surface area contributed by atoms with Crippen molar-refractivity contribution in [3.05, 3.63) is 29.6 Å². The van der Waals surface area contributed by atoms with Crippen molar-refractivity contribution >= 4 is 0 Å². The minimum Gasteiger partial charge on any atom is -0.487 e. The van der Waals surface area contributed by atoms with Gasteiger partial charge in [0, 0.05) is 17.5 Å². The van der Waals surface area contributed by atoms with Crippen molar-refractivity contribution in [2.45, 2.75) is 38.3 Å². The van der Waals surface area contributed by atoms with Crippen LogP contribution in [0.15, 0.2) is 18.2 Å². The van der Waals surface area contributed by atoms with E-state index in [0.717, 1.165) is 17.7 Å². The maximum atomic E-state index is 13.0. The Hall–Kier alpha value is -1.13. The van der Waals surface area contributed by atoms with E-state index in [4.69, 9.17) is 15.2 Å². The van der Waals surface area contributed by atoms with E-state index in [1.54, 1.807) is 6.07 Å². The van der Waals surface area contributed by atoms with E-state index < -0.39 is 0 Å². The Kier molecular flexibility index (Phi) is 3.88. The van der Waals surface area contributed by atoms with Crippen molar-refractivity contribution in [1.82, 2.24) is 0 Å². The van der Waals surface area contributed by atoms with Crippen molar-refractivity contribution in [3.63, 3.8) is 0 Å². The molecule has 2 atom stereocenters. The molecule has 0 bridgehead atoms. The van der Waals surface area contributed by atoms with E-state index >= 15 is 0 Å². The highest BCUT2D eigenvalue weighted by Crippen LogP contribution is 2.29. The molecule has 0 saturated carbocycles. The maximum Gasteiger partial charge on any atom is 0.126 e. The van der Waals surface area contributed by atoms with Crippen LogP contribution in [0.3, 0.4) is 0 Å². The topological polar surface area (TPSA) is 44.5 Å². The largest absolute Gasteiger partial charge is 0.487 e. The van der Waals surface area contributed by atoms with E-state index in [2.05, 4.69) is 0 Å². The first-order valence-electron chi connectivity index (χ1n) is 6.32. The number of halogens is 1. The zero-order chi connectivity index (χ0) is 13.2. The fourth-order valence-electron chi connectivity index (χ4n) is 1.91. The highest BCUT2D eigenvalue weighted by molar-refractivity contribution is 5.37. The van der Waals surface area contributed by atoms with Crippen molar-refractivity contribution in [1.29, 1.82) is 0 Å². The Bertz CT molecular complexity index is 420. The van der Waals surface area contributed by atoms with Crippen LogP contribution < -0.4 is 10.5 Å². The van der Waals surface area contributed by atoms with Crippen LogP contribution >= 0.6 is 0 Å². The van der Waals surface area contributed by atoms with Gasteiger partial charge in [0.1, 0.15) is 17.7 Å². The molecule has 0 aromatic heterocycles. The van der Waals surface area contributed by atoms with Crippen LogP contribution in [0.5, 0.6) is 5.75 Å². The summed E-state index contributed by atoms with van der Waals surface area (Å²) < 4.78 is 24.3. The first-order valence-corrected chi connectivity index (χ1v) is 6.32. The van der Waals surface area contributed by atoms with Gasteiger partial charge in [-0.3, -0.25) is 0 Å². The summed E-state index contributed by atoms with van der Waals surface area (Å²) in [6, 6.07) is 4.61. The molecular formula is C14H20FNO2. The molecule has 1 aromatic rings. The lowest BCUT2D eigenvalue weighted by atomic mass is 10.0. The summed E-state index contributed by atoms with van der Waals surface area (Å²) in [6.07, 6.45) is 1.53. The molecule has 2 rings (SSSR count). The molecule has 0 spiro atoms. The first-order chi connectivity index (χ1) is 8.50. The summed E-state index contributed by atoms with van der Waals surface area (Å²) in [4.78, 5) is 0. The van der Waals surface area contributed by atoms with E-state index in [9.17, 15) is 4.39 Å². The van der Waals surface area contributed by atoms with Gasteiger partial charge in [-0.05, 0) is 31.5 Å². The number of benzene rings is 1. The van der Waals surface area contributed by atoms with Crippen molar-refractivity contribution in [3.8, 4) is 5.75 Å². The lowest BCUT2D eigenvalue weighted by Gasteiger charge is -2.23. The molecule has 0 saturated heterocycles. The van der Waals surface area contributed by atoms with Gasteiger partial charge in [-0.2, -0.15) is 0 Å². The lowest BCUT2D eigenvalue weighted by Crippen LogP contribution is -2.41. The zero-order valence-electron chi connectivity index (χ0n) is 10.9. The third kappa shape index (κ3) is 3.21. The standard InChI is InChI=1S/C14H20FNO2/c1-3-14(2,16)9-17-8-12-7-10-6-11(15)4-5-13(10)18-12/h4-6,12H,3,7-9,16H2,1-2H3. The monoisotopic (exact) mass is 253 g/mol. The molecule has 0 radical (unpaired) electrons. The Balaban J connectivity index is 1.81. The van der Waals surface area contributed by atoms with E-state index in [0.29, 0.717) is 19.6 Å². The molecule has 0 amide bonds. The number of hydrogen-bond acceptors (Lipinski definition) is 3. The summed E-state index contributed by atoms with van der Waals surface area (Å²) in [5, 5.41) is 0. The third-order valence-electron chi connectivity index (χ3n) is 3.31. The van der Waals surface area contributed by atoms with Gasteiger partial charge >= 0.3 is 0 Å². The van der Waals surface area contributed by atoms with Gasteiger partial charge in [0.15, 0.2) is 0 Å². The van der Waals surface area contributed by atoms with E-state index in [1.165, 1.54) is 12.1 Å². The second-order valence-corrected chi connectivity index (χ2v) is 5.22. The van der Waals surface area contributed by atoms with Crippen molar-refractivity contribution in [2.75, 3.05) is 13.2 Å². The average molecular weight is 253 g/mol. The fourth-order valence-corrected chi connectivity index (χ4v) is 1.91. The summed E-state index contributed by atoms with van der Waals surface area (Å²) in [5.74, 6) is 0.537. The van der Waals surface area contributed by atoms with Crippen LogP contribution in [0.25, 0.3) is 0 Å². The predicted molar refractivity (Wildman–Crippen MR) is 68.2 cm³/mol. The molecule has 3 nitrogen and oxygen atoms in total. The molecule has 1 aliphatic heterocycles. The third-order valence-corrected chi connectivity index (χ3v) is 3.31. The second-order valence-electron chi connectivity index (χ2n) is 5.22. The van der Waals surface area contributed by atoms with Gasteiger partial charge in [-0.15, -0.1) is 0 Å². The molecule has 4 heteroatoms. The second kappa shape index (κ2) is 5.24. The molecule has 1 aliphatic rings. The summed E-state index contributed by atoms with van der Waals surface area (Å²) in [6.45, 7) is 5.00. The smallest absolute Gasteiger partial charge is 0.126 e. The lowest BCUT2D eigenvalue weighted by molar-refractivity contribution is 0.0357. The average Bonchev–Trinajstić information content (AvgIpc) is 2.70. The first kappa shape index (κ1) is 13.3. The van der Waals surface area contributed by atoms with Gasteiger partial charge in [0.2, 0.25) is 0 Å². The summed E-state index contributed by atoms with van der Waals surface area (Å²) in [7, 11) is 0. The molecule has 2 N–H and O–H groups in total. The minimum atomic E-state index is -0.294. The highest BCUT2D eigenvalue weighted by atomic mass is 19.1. The van der Waals surface area contributed by atoms with Gasteiger partial charge in [-0.1, -0.05) is 6.92 Å². The summed E-state index contributed by atoms with van der Waals surface area (Å²) >= 11 is 0. The Labute approximate surface area is 107 Å². The van der Waals surface area contributed by atoms with Crippen LogP contribution in [0.1, 0.15) is 25.8 Å². The number of rotatable bonds is 5. The predicted octanol–water partition coefficient (Wildman–Crippen LogP) is 2.27. The maximum absolute atomic E-state index is 13.0. The van der Waals surface area contributed by atoms with Crippen LogP contribution in [0.4, 0.5) is 4.39 Å². The SMILES string of the molecule is CCC(C)(N)COCC1Cc2cc(F)ccc2O1. The van der Waals surface area contributed by atoms with E-state index in [-0.39, 0.29) is 17.5 Å². The normalized spacial score (nSPS) is 21.2. The fraction of sp³-hybridized carbons (Fsp3) is 0.571. The number of fused-ring (bicyclic) bond motifs is 1. The molecule has 1 aromatic carbocycles. The summed E-state index contributed by atoms with van der Waals surface area (Å²) in [5.41, 5.74) is 6.61.